The lowest BCUT2D eigenvalue weighted by Gasteiger charge is -2.12. The van der Waals surface area contributed by atoms with Crippen molar-refractivity contribution in [1.82, 2.24) is 5.32 Å². The van der Waals surface area contributed by atoms with Crippen LogP contribution >= 0.6 is 0 Å². The van der Waals surface area contributed by atoms with E-state index < -0.39 is 0 Å². The highest BCUT2D eigenvalue weighted by atomic mass is 16.5. The molecule has 0 spiro atoms. The number of rotatable bonds is 6. The SMILES string of the molecule is COCC(CCO)NC=O. The Balaban J connectivity index is 3.38. The standard InChI is InChI=1S/C6H13NO3/c1-10-4-6(2-3-8)7-5-9/h5-6,8H,2-4H2,1H3,(H,7,9). The van der Waals surface area contributed by atoms with E-state index in [2.05, 4.69) is 5.32 Å². The molecule has 0 radical (unpaired) electrons. The van der Waals surface area contributed by atoms with E-state index in [0.717, 1.165) is 0 Å². The minimum atomic E-state index is -0.0625. The van der Waals surface area contributed by atoms with E-state index in [1.54, 1.807) is 7.11 Å². The summed E-state index contributed by atoms with van der Waals surface area (Å²) >= 11 is 0. The fraction of sp³-hybridized carbons (Fsp3) is 0.833. The molecule has 0 aromatic rings. The second-order valence-corrected chi connectivity index (χ2v) is 1.95. The van der Waals surface area contributed by atoms with Gasteiger partial charge in [-0.15, -0.1) is 0 Å². The molecule has 0 aliphatic heterocycles. The first-order chi connectivity index (χ1) is 4.85. The molecule has 2 N–H and O–H groups in total. The third kappa shape index (κ3) is 4.29. The van der Waals surface area contributed by atoms with Crippen LogP contribution in [-0.2, 0) is 9.53 Å². The maximum atomic E-state index is 9.92. The Morgan fingerprint density at radius 1 is 1.80 bits per heavy atom. The first-order valence-electron chi connectivity index (χ1n) is 3.14. The summed E-state index contributed by atoms with van der Waals surface area (Å²) in [6.07, 6.45) is 1.14. The number of methoxy groups -OCH3 is 1. The van der Waals surface area contributed by atoms with Crippen LogP contribution in [-0.4, -0.2) is 37.9 Å². The number of aliphatic hydroxyl groups is 1. The Labute approximate surface area is 60.2 Å². The van der Waals surface area contributed by atoms with Gasteiger partial charge in [-0.2, -0.15) is 0 Å². The quantitative estimate of drug-likeness (QED) is 0.480. The Hall–Kier alpha value is -0.610. The first kappa shape index (κ1) is 9.39. The Kier molecular flexibility index (Phi) is 6.11. The molecular weight excluding hydrogens is 134 g/mol. The molecule has 0 heterocycles. The van der Waals surface area contributed by atoms with Gasteiger partial charge >= 0.3 is 0 Å². The summed E-state index contributed by atoms with van der Waals surface area (Å²) in [5.74, 6) is 0. The maximum absolute atomic E-state index is 9.92. The number of carbonyl (C=O) groups is 1. The number of nitrogens with one attached hydrogen (secondary N) is 1. The Bertz CT molecular complexity index is 81.1. The summed E-state index contributed by atoms with van der Waals surface area (Å²) in [7, 11) is 1.55. The molecule has 0 saturated carbocycles. The largest absolute Gasteiger partial charge is 0.396 e. The molecule has 4 heteroatoms. The predicted octanol–water partition coefficient (Wildman–Crippen LogP) is -0.870. The maximum Gasteiger partial charge on any atom is 0.207 e. The fourth-order valence-corrected chi connectivity index (χ4v) is 0.668. The molecule has 4 nitrogen and oxygen atoms in total. The average molecular weight is 147 g/mol. The van der Waals surface area contributed by atoms with Crippen LogP contribution in [0, 0.1) is 0 Å². The van der Waals surface area contributed by atoms with E-state index in [0.29, 0.717) is 19.4 Å². The van der Waals surface area contributed by atoms with Gasteiger partial charge in [-0.25, -0.2) is 0 Å². The minimum absolute atomic E-state index is 0.0625. The van der Waals surface area contributed by atoms with E-state index >= 15 is 0 Å². The minimum Gasteiger partial charge on any atom is -0.396 e. The van der Waals surface area contributed by atoms with E-state index in [1.165, 1.54) is 0 Å². The zero-order valence-electron chi connectivity index (χ0n) is 6.04. The van der Waals surface area contributed by atoms with Crippen LogP contribution in [0.25, 0.3) is 0 Å². The van der Waals surface area contributed by atoms with E-state index in [9.17, 15) is 4.79 Å². The first-order valence-corrected chi connectivity index (χ1v) is 3.14. The molecule has 10 heavy (non-hydrogen) atoms. The van der Waals surface area contributed by atoms with E-state index in [1.807, 2.05) is 0 Å². The van der Waals surface area contributed by atoms with Gasteiger partial charge in [0.1, 0.15) is 0 Å². The lowest BCUT2D eigenvalue weighted by Crippen LogP contribution is -2.32. The average Bonchev–Trinajstić information content (AvgIpc) is 1.90. The Morgan fingerprint density at radius 3 is 2.90 bits per heavy atom. The number of hydrogen-bond donors (Lipinski definition) is 2. The van der Waals surface area contributed by atoms with Crippen molar-refractivity contribution in [3.8, 4) is 0 Å². The van der Waals surface area contributed by atoms with Crippen LogP contribution in [0.1, 0.15) is 6.42 Å². The van der Waals surface area contributed by atoms with Crippen LogP contribution in [0.5, 0.6) is 0 Å². The molecule has 1 atom stereocenters. The third-order valence-electron chi connectivity index (χ3n) is 1.15. The molecule has 1 amide bonds. The molecule has 0 bridgehead atoms. The molecule has 1 unspecified atom stereocenters. The molecule has 0 saturated heterocycles. The number of ether oxygens (including phenoxy) is 1. The lowest BCUT2D eigenvalue weighted by molar-refractivity contribution is -0.110. The van der Waals surface area contributed by atoms with Gasteiger partial charge in [0.15, 0.2) is 0 Å². The van der Waals surface area contributed by atoms with Gasteiger partial charge in [-0.3, -0.25) is 4.79 Å². The molecule has 0 aliphatic rings. The highest BCUT2D eigenvalue weighted by molar-refractivity contribution is 5.46. The second kappa shape index (κ2) is 6.51. The molecule has 0 aliphatic carbocycles. The zero-order valence-corrected chi connectivity index (χ0v) is 6.04. The van der Waals surface area contributed by atoms with Crippen LogP contribution < -0.4 is 5.32 Å². The lowest BCUT2D eigenvalue weighted by atomic mass is 10.2. The predicted molar refractivity (Wildman–Crippen MR) is 36.6 cm³/mol. The van der Waals surface area contributed by atoms with Gasteiger partial charge in [0, 0.05) is 13.7 Å². The molecule has 0 aromatic heterocycles. The fourth-order valence-electron chi connectivity index (χ4n) is 0.668. The number of carbonyl (C=O) groups excluding carboxylic acids is 1. The Morgan fingerprint density at radius 2 is 2.50 bits per heavy atom. The monoisotopic (exact) mass is 147 g/mol. The van der Waals surface area contributed by atoms with Crippen molar-refractivity contribution in [1.29, 1.82) is 0 Å². The second-order valence-electron chi connectivity index (χ2n) is 1.95. The van der Waals surface area contributed by atoms with Crippen molar-refractivity contribution in [2.24, 2.45) is 0 Å². The van der Waals surface area contributed by atoms with Gasteiger partial charge in [0.05, 0.1) is 12.6 Å². The topological polar surface area (TPSA) is 58.6 Å². The summed E-state index contributed by atoms with van der Waals surface area (Å²) in [5.41, 5.74) is 0. The van der Waals surface area contributed by atoms with Crippen LogP contribution in [0.15, 0.2) is 0 Å². The van der Waals surface area contributed by atoms with Gasteiger partial charge in [-0.05, 0) is 6.42 Å². The summed E-state index contributed by atoms with van der Waals surface area (Å²) < 4.78 is 4.78. The van der Waals surface area contributed by atoms with Gasteiger partial charge < -0.3 is 15.2 Å². The summed E-state index contributed by atoms with van der Waals surface area (Å²) in [6, 6.07) is -0.0625. The molecule has 60 valence electrons. The van der Waals surface area contributed by atoms with Crippen molar-refractivity contribution in [3.05, 3.63) is 0 Å². The van der Waals surface area contributed by atoms with Crippen molar-refractivity contribution in [3.63, 3.8) is 0 Å². The molecule has 0 rings (SSSR count). The molecular formula is C6H13NO3. The summed E-state index contributed by atoms with van der Waals surface area (Å²) in [5, 5.41) is 11.0. The van der Waals surface area contributed by atoms with E-state index in [4.69, 9.17) is 9.84 Å². The normalized spacial score (nSPS) is 12.6. The summed E-state index contributed by atoms with van der Waals surface area (Å²) in [6.45, 7) is 0.508. The smallest absolute Gasteiger partial charge is 0.207 e. The van der Waals surface area contributed by atoms with Crippen LogP contribution in [0.3, 0.4) is 0 Å². The zero-order chi connectivity index (χ0) is 7.82. The van der Waals surface area contributed by atoms with Crippen molar-refractivity contribution >= 4 is 6.41 Å². The highest BCUT2D eigenvalue weighted by Gasteiger charge is 2.03. The van der Waals surface area contributed by atoms with Gasteiger partial charge in [0.2, 0.25) is 6.41 Å². The summed E-state index contributed by atoms with van der Waals surface area (Å²) in [4.78, 5) is 9.92. The third-order valence-corrected chi connectivity index (χ3v) is 1.15. The van der Waals surface area contributed by atoms with Crippen molar-refractivity contribution in [2.75, 3.05) is 20.3 Å². The van der Waals surface area contributed by atoms with E-state index in [-0.39, 0.29) is 12.6 Å². The van der Waals surface area contributed by atoms with Crippen molar-refractivity contribution < 1.29 is 14.6 Å². The van der Waals surface area contributed by atoms with Gasteiger partial charge in [0.25, 0.3) is 0 Å². The van der Waals surface area contributed by atoms with Crippen LogP contribution in [0.2, 0.25) is 0 Å². The molecule has 0 fully saturated rings. The molecule has 0 aromatic carbocycles. The number of aliphatic hydroxyl groups excluding tert-OH is 1. The van der Waals surface area contributed by atoms with Crippen molar-refractivity contribution in [2.45, 2.75) is 12.5 Å². The highest BCUT2D eigenvalue weighted by Crippen LogP contribution is 1.89. The number of amides is 1. The van der Waals surface area contributed by atoms with Crippen LogP contribution in [0.4, 0.5) is 0 Å². The van der Waals surface area contributed by atoms with Gasteiger partial charge in [-0.1, -0.05) is 0 Å². The number of hydrogen-bond acceptors (Lipinski definition) is 3.